The molecule has 0 spiro atoms. The molecule has 4 rings (SSSR count). The molecule has 1 atom stereocenters. The molecule has 3 aromatic rings. The number of benzene rings is 2. The minimum atomic E-state index is -0.612. The molecule has 0 bridgehead atoms. The molecule has 30 heavy (non-hydrogen) atoms. The topological polar surface area (TPSA) is 68.5 Å². The van der Waals surface area contributed by atoms with Crippen molar-refractivity contribution in [2.45, 2.75) is 45.3 Å². The highest BCUT2D eigenvalue weighted by molar-refractivity contribution is 6.30. The second-order valence-electron chi connectivity index (χ2n) is 7.58. The monoisotopic (exact) mass is 425 g/mol. The summed E-state index contributed by atoms with van der Waals surface area (Å²) in [7, 11) is 1.70. The number of likely N-dealkylation sites (N-methyl/N-ethyl adjacent to an activating group) is 1. The molecule has 1 amide bonds. The number of hydrogen-bond donors (Lipinski definition) is 0. The first-order chi connectivity index (χ1) is 14.5. The fraction of sp³-hybridized carbons (Fsp3) is 0.348. The Morgan fingerprint density at radius 3 is 2.87 bits per heavy atom. The maximum Gasteiger partial charge on any atom is 0.263 e. The van der Waals surface area contributed by atoms with Gasteiger partial charge in [-0.05, 0) is 61.9 Å². The Balaban J connectivity index is 1.40. The normalized spacial score (nSPS) is 14.1. The molecular weight excluding hydrogens is 402 g/mol. The molecule has 156 valence electrons. The number of aromatic nitrogens is 2. The zero-order chi connectivity index (χ0) is 21.1. The van der Waals surface area contributed by atoms with Crippen molar-refractivity contribution < 1.29 is 14.1 Å². The Labute approximate surface area is 180 Å². The molecule has 0 N–H and O–H groups in total. The summed E-state index contributed by atoms with van der Waals surface area (Å²) >= 11 is 6.02. The minimum Gasteiger partial charge on any atom is -0.481 e. The SMILES string of the molecule is C[C@@H](Oc1cccc2c1CCCC2)C(=O)N(C)Cc1nc(-c2cccc(Cl)c2)no1. The highest BCUT2D eigenvalue weighted by atomic mass is 35.5. The number of halogens is 1. The van der Waals surface area contributed by atoms with Crippen molar-refractivity contribution in [3.63, 3.8) is 0 Å². The lowest BCUT2D eigenvalue weighted by Crippen LogP contribution is -2.37. The Kier molecular flexibility index (Phi) is 6.04. The average molecular weight is 426 g/mol. The van der Waals surface area contributed by atoms with E-state index >= 15 is 0 Å². The number of carbonyl (C=O) groups is 1. The summed E-state index contributed by atoms with van der Waals surface area (Å²) < 4.78 is 11.4. The smallest absolute Gasteiger partial charge is 0.263 e. The van der Waals surface area contributed by atoms with Gasteiger partial charge in [0, 0.05) is 17.6 Å². The summed E-state index contributed by atoms with van der Waals surface area (Å²) in [5, 5.41) is 4.58. The second-order valence-corrected chi connectivity index (χ2v) is 8.01. The fourth-order valence-corrected chi connectivity index (χ4v) is 3.94. The van der Waals surface area contributed by atoms with Crippen LogP contribution in [0.4, 0.5) is 0 Å². The molecule has 0 saturated heterocycles. The molecule has 0 fully saturated rings. The highest BCUT2D eigenvalue weighted by Crippen LogP contribution is 2.30. The Bertz CT molecular complexity index is 1050. The third-order valence-electron chi connectivity index (χ3n) is 5.30. The van der Waals surface area contributed by atoms with Crippen molar-refractivity contribution in [2.75, 3.05) is 7.05 Å². The van der Waals surface area contributed by atoms with Gasteiger partial charge in [0.25, 0.3) is 5.91 Å². The maximum atomic E-state index is 12.8. The summed E-state index contributed by atoms with van der Waals surface area (Å²) in [6, 6.07) is 13.3. The first-order valence-corrected chi connectivity index (χ1v) is 10.5. The van der Waals surface area contributed by atoms with Gasteiger partial charge in [0.05, 0.1) is 6.54 Å². The van der Waals surface area contributed by atoms with Crippen molar-refractivity contribution in [1.82, 2.24) is 15.0 Å². The lowest BCUT2D eigenvalue weighted by atomic mass is 9.91. The van der Waals surface area contributed by atoms with Crippen LogP contribution in [0.5, 0.6) is 5.75 Å². The van der Waals surface area contributed by atoms with E-state index < -0.39 is 6.10 Å². The van der Waals surface area contributed by atoms with Crippen molar-refractivity contribution >= 4 is 17.5 Å². The standard InChI is InChI=1S/C23H24ClN3O3/c1-15(29-20-12-6-8-16-7-3-4-11-19(16)20)23(28)27(2)14-21-25-22(26-30-21)17-9-5-10-18(24)13-17/h5-6,8-10,12-13,15H,3-4,7,11,14H2,1-2H3/t15-/m1/s1. The molecule has 6 nitrogen and oxygen atoms in total. The Hall–Kier alpha value is -2.86. The van der Waals surface area contributed by atoms with E-state index in [2.05, 4.69) is 16.2 Å². The summed E-state index contributed by atoms with van der Waals surface area (Å²) in [5.74, 6) is 1.45. The van der Waals surface area contributed by atoms with Gasteiger partial charge in [-0.25, -0.2) is 0 Å². The van der Waals surface area contributed by atoms with Crippen LogP contribution in [-0.4, -0.2) is 34.1 Å². The number of nitrogens with zero attached hydrogens (tertiary/aromatic N) is 3. The molecule has 0 saturated carbocycles. The van der Waals surface area contributed by atoms with E-state index in [0.717, 1.165) is 30.6 Å². The molecule has 1 aliphatic rings. The van der Waals surface area contributed by atoms with E-state index in [9.17, 15) is 4.79 Å². The summed E-state index contributed by atoms with van der Waals surface area (Å²) in [5.41, 5.74) is 3.32. The van der Waals surface area contributed by atoms with E-state index in [0.29, 0.717) is 16.7 Å². The van der Waals surface area contributed by atoms with Crippen LogP contribution >= 0.6 is 11.6 Å². The summed E-state index contributed by atoms with van der Waals surface area (Å²) in [6.45, 7) is 1.97. The van der Waals surface area contributed by atoms with E-state index in [4.69, 9.17) is 20.9 Å². The largest absolute Gasteiger partial charge is 0.481 e. The van der Waals surface area contributed by atoms with E-state index in [1.165, 1.54) is 22.4 Å². The number of hydrogen-bond acceptors (Lipinski definition) is 5. The first-order valence-electron chi connectivity index (χ1n) is 10.1. The van der Waals surface area contributed by atoms with Crippen LogP contribution < -0.4 is 4.74 Å². The van der Waals surface area contributed by atoms with Crippen LogP contribution in [0.25, 0.3) is 11.4 Å². The van der Waals surface area contributed by atoms with Gasteiger partial charge in [-0.1, -0.05) is 41.0 Å². The highest BCUT2D eigenvalue weighted by Gasteiger charge is 2.23. The van der Waals surface area contributed by atoms with Crippen molar-refractivity contribution in [3.05, 3.63) is 64.5 Å². The number of fused-ring (bicyclic) bond motifs is 1. The quantitative estimate of drug-likeness (QED) is 0.572. The predicted molar refractivity (Wildman–Crippen MR) is 114 cm³/mol. The average Bonchev–Trinajstić information content (AvgIpc) is 3.22. The predicted octanol–water partition coefficient (Wildman–Crippen LogP) is 4.69. The van der Waals surface area contributed by atoms with Gasteiger partial charge in [0.1, 0.15) is 5.75 Å². The van der Waals surface area contributed by atoms with Crippen LogP contribution in [0.2, 0.25) is 5.02 Å². The molecule has 7 heteroatoms. The number of rotatable bonds is 6. The molecule has 1 heterocycles. The molecule has 1 aromatic heterocycles. The van der Waals surface area contributed by atoms with Crippen molar-refractivity contribution in [1.29, 1.82) is 0 Å². The molecular formula is C23H24ClN3O3. The molecule has 2 aromatic carbocycles. The number of amides is 1. The first kappa shape index (κ1) is 20.4. The van der Waals surface area contributed by atoms with Crippen LogP contribution in [0.1, 0.15) is 36.8 Å². The number of aryl methyl sites for hydroxylation is 1. The fourth-order valence-electron chi connectivity index (χ4n) is 3.75. The molecule has 0 unspecified atom stereocenters. The van der Waals surface area contributed by atoms with Crippen LogP contribution in [-0.2, 0) is 24.2 Å². The van der Waals surface area contributed by atoms with Crippen molar-refractivity contribution in [3.8, 4) is 17.1 Å². The third kappa shape index (κ3) is 4.49. The van der Waals surface area contributed by atoms with Gasteiger partial charge >= 0.3 is 0 Å². The molecule has 0 radical (unpaired) electrons. The van der Waals surface area contributed by atoms with Gasteiger partial charge in [-0.2, -0.15) is 4.98 Å². The number of ether oxygens (including phenoxy) is 1. The van der Waals surface area contributed by atoms with E-state index in [-0.39, 0.29) is 12.5 Å². The van der Waals surface area contributed by atoms with Gasteiger partial charge in [-0.3, -0.25) is 4.79 Å². The van der Waals surface area contributed by atoms with Crippen LogP contribution in [0, 0.1) is 0 Å². The zero-order valence-corrected chi connectivity index (χ0v) is 17.9. The lowest BCUT2D eigenvalue weighted by Gasteiger charge is -2.24. The molecule has 0 aliphatic heterocycles. The molecule has 1 aliphatic carbocycles. The minimum absolute atomic E-state index is 0.147. The van der Waals surface area contributed by atoms with Gasteiger partial charge < -0.3 is 14.2 Å². The van der Waals surface area contributed by atoms with E-state index in [1.807, 2.05) is 24.3 Å². The van der Waals surface area contributed by atoms with Crippen molar-refractivity contribution in [2.24, 2.45) is 0 Å². The third-order valence-corrected chi connectivity index (χ3v) is 5.54. The van der Waals surface area contributed by atoms with Gasteiger partial charge in [0.15, 0.2) is 6.10 Å². The zero-order valence-electron chi connectivity index (χ0n) is 17.1. The Morgan fingerprint density at radius 1 is 1.23 bits per heavy atom. The summed E-state index contributed by atoms with van der Waals surface area (Å²) in [6.07, 6.45) is 3.81. The summed E-state index contributed by atoms with van der Waals surface area (Å²) in [4.78, 5) is 18.7. The maximum absolute atomic E-state index is 12.8. The number of carbonyl (C=O) groups excluding carboxylic acids is 1. The second kappa shape index (κ2) is 8.88. The van der Waals surface area contributed by atoms with Gasteiger partial charge in [-0.15, -0.1) is 0 Å². The van der Waals surface area contributed by atoms with Gasteiger partial charge in [0.2, 0.25) is 11.7 Å². The van der Waals surface area contributed by atoms with Crippen LogP contribution in [0.15, 0.2) is 47.0 Å². The Morgan fingerprint density at radius 2 is 2.03 bits per heavy atom. The van der Waals surface area contributed by atoms with E-state index in [1.54, 1.807) is 26.1 Å². The lowest BCUT2D eigenvalue weighted by molar-refractivity contribution is -0.137. The van der Waals surface area contributed by atoms with Crippen LogP contribution in [0.3, 0.4) is 0 Å².